The highest BCUT2D eigenvalue weighted by Crippen LogP contribution is 2.18. The second kappa shape index (κ2) is 8.09. The number of nitrogens with one attached hydrogen (secondary N) is 1. The maximum Gasteiger partial charge on any atom is 0.224 e. The third kappa shape index (κ3) is 4.12. The van der Waals surface area contributed by atoms with Crippen LogP contribution in [0.15, 0.2) is 78.9 Å². The van der Waals surface area contributed by atoms with Crippen molar-refractivity contribution < 1.29 is 4.79 Å². The number of hydrogen-bond acceptors (Lipinski definition) is 2. The van der Waals surface area contributed by atoms with Gasteiger partial charge in [0.1, 0.15) is 5.82 Å². The zero-order valence-corrected chi connectivity index (χ0v) is 15.9. The van der Waals surface area contributed by atoms with Crippen LogP contribution >= 0.6 is 0 Å². The molecule has 0 aliphatic heterocycles. The minimum absolute atomic E-state index is 0.000132. The van der Waals surface area contributed by atoms with Gasteiger partial charge in [-0.1, -0.05) is 72.3 Å². The molecule has 4 heteroatoms. The standard InChI is InChI=1S/C24H23N3O/c1-18-11-13-20(14-12-18)17-27-22-10-6-5-9-21(22)26-23(27)16-25-24(28)15-19-7-3-2-4-8-19/h2-14H,15-17H2,1H3,(H,25,28). The molecule has 0 saturated heterocycles. The molecule has 1 amide bonds. The summed E-state index contributed by atoms with van der Waals surface area (Å²) in [5.74, 6) is 0.864. The molecule has 0 aliphatic carbocycles. The van der Waals surface area contributed by atoms with Gasteiger partial charge in [-0.2, -0.15) is 0 Å². The molecule has 0 spiro atoms. The second-order valence-electron chi connectivity index (χ2n) is 7.03. The third-order valence-electron chi connectivity index (χ3n) is 4.85. The van der Waals surface area contributed by atoms with Crippen LogP contribution in [0.4, 0.5) is 0 Å². The molecule has 1 N–H and O–H groups in total. The summed E-state index contributed by atoms with van der Waals surface area (Å²) in [6.07, 6.45) is 0.374. The van der Waals surface area contributed by atoms with Gasteiger partial charge in [0.05, 0.1) is 24.0 Å². The number of carbonyl (C=O) groups excluding carboxylic acids is 1. The van der Waals surface area contributed by atoms with E-state index >= 15 is 0 Å². The number of nitrogens with zero attached hydrogens (tertiary/aromatic N) is 2. The minimum atomic E-state index is 0.000132. The van der Waals surface area contributed by atoms with E-state index in [4.69, 9.17) is 4.98 Å². The molecule has 0 atom stereocenters. The molecule has 0 unspecified atom stereocenters. The van der Waals surface area contributed by atoms with E-state index in [-0.39, 0.29) is 5.91 Å². The maximum absolute atomic E-state index is 12.4. The Kier molecular flexibility index (Phi) is 5.20. The number of fused-ring (bicyclic) bond motifs is 1. The number of rotatable bonds is 6. The predicted molar refractivity (Wildman–Crippen MR) is 112 cm³/mol. The topological polar surface area (TPSA) is 46.9 Å². The van der Waals surface area contributed by atoms with Gasteiger partial charge in [-0.3, -0.25) is 4.79 Å². The van der Waals surface area contributed by atoms with Crippen LogP contribution < -0.4 is 5.32 Å². The summed E-state index contributed by atoms with van der Waals surface area (Å²) in [5.41, 5.74) is 5.49. The molecule has 4 aromatic rings. The Hall–Kier alpha value is -3.40. The van der Waals surface area contributed by atoms with Crippen LogP contribution in [0.3, 0.4) is 0 Å². The van der Waals surface area contributed by atoms with Gasteiger partial charge >= 0.3 is 0 Å². The number of aromatic nitrogens is 2. The summed E-state index contributed by atoms with van der Waals surface area (Å²) in [5, 5.41) is 3.02. The van der Waals surface area contributed by atoms with E-state index in [1.807, 2.05) is 48.5 Å². The summed E-state index contributed by atoms with van der Waals surface area (Å²) >= 11 is 0. The van der Waals surface area contributed by atoms with Crippen molar-refractivity contribution in [3.05, 3.63) is 101 Å². The Morgan fingerprint density at radius 3 is 2.39 bits per heavy atom. The van der Waals surface area contributed by atoms with Crippen molar-refractivity contribution in [3.63, 3.8) is 0 Å². The van der Waals surface area contributed by atoms with Crippen molar-refractivity contribution in [3.8, 4) is 0 Å². The highest BCUT2D eigenvalue weighted by Gasteiger charge is 2.12. The Bertz CT molecular complexity index is 1080. The molecule has 0 aliphatic rings. The summed E-state index contributed by atoms with van der Waals surface area (Å²) in [6, 6.07) is 26.4. The molecule has 1 heterocycles. The Morgan fingerprint density at radius 2 is 1.61 bits per heavy atom. The van der Waals surface area contributed by atoms with Crippen LogP contribution in [-0.4, -0.2) is 15.5 Å². The lowest BCUT2D eigenvalue weighted by Gasteiger charge is -2.11. The molecular weight excluding hydrogens is 346 g/mol. The zero-order chi connectivity index (χ0) is 19.3. The largest absolute Gasteiger partial charge is 0.349 e. The monoisotopic (exact) mass is 369 g/mol. The summed E-state index contributed by atoms with van der Waals surface area (Å²) in [6.45, 7) is 3.22. The van der Waals surface area contributed by atoms with E-state index in [1.165, 1.54) is 11.1 Å². The minimum Gasteiger partial charge on any atom is -0.349 e. The van der Waals surface area contributed by atoms with Gasteiger partial charge in [-0.15, -0.1) is 0 Å². The molecular formula is C24H23N3O. The summed E-state index contributed by atoms with van der Waals surface area (Å²) < 4.78 is 2.18. The first kappa shape index (κ1) is 18.0. The van der Waals surface area contributed by atoms with Crippen molar-refractivity contribution in [2.24, 2.45) is 0 Å². The number of carbonyl (C=O) groups is 1. The smallest absolute Gasteiger partial charge is 0.224 e. The lowest BCUT2D eigenvalue weighted by atomic mass is 10.1. The molecule has 0 radical (unpaired) electrons. The van der Waals surface area contributed by atoms with Crippen molar-refractivity contribution >= 4 is 16.9 Å². The molecule has 28 heavy (non-hydrogen) atoms. The lowest BCUT2D eigenvalue weighted by Crippen LogP contribution is -2.26. The molecule has 0 fully saturated rings. The fraction of sp³-hybridized carbons (Fsp3) is 0.167. The molecule has 140 valence electrons. The molecule has 4 rings (SSSR count). The molecule has 1 aromatic heterocycles. The van der Waals surface area contributed by atoms with E-state index in [1.54, 1.807) is 0 Å². The summed E-state index contributed by atoms with van der Waals surface area (Å²) in [4.78, 5) is 17.1. The van der Waals surface area contributed by atoms with E-state index in [0.717, 1.165) is 29.0 Å². The van der Waals surface area contributed by atoms with E-state index in [0.29, 0.717) is 13.0 Å². The quantitative estimate of drug-likeness (QED) is 0.552. The third-order valence-corrected chi connectivity index (χ3v) is 4.85. The van der Waals surface area contributed by atoms with Crippen LogP contribution in [0.25, 0.3) is 11.0 Å². The average Bonchev–Trinajstić information content (AvgIpc) is 3.06. The number of amides is 1. The van der Waals surface area contributed by atoms with E-state index in [2.05, 4.69) is 47.1 Å². The molecule has 0 saturated carbocycles. The molecule has 3 aromatic carbocycles. The van der Waals surface area contributed by atoms with Gasteiger partial charge in [0.25, 0.3) is 0 Å². The van der Waals surface area contributed by atoms with Gasteiger partial charge in [0.15, 0.2) is 0 Å². The van der Waals surface area contributed by atoms with Gasteiger partial charge in [0, 0.05) is 6.54 Å². The Balaban J connectivity index is 1.54. The van der Waals surface area contributed by atoms with Crippen LogP contribution in [0, 0.1) is 6.92 Å². The van der Waals surface area contributed by atoms with Crippen LogP contribution in [0.5, 0.6) is 0 Å². The predicted octanol–water partition coefficient (Wildman–Crippen LogP) is 4.25. The van der Waals surface area contributed by atoms with Crippen molar-refractivity contribution in [2.75, 3.05) is 0 Å². The Morgan fingerprint density at radius 1 is 0.893 bits per heavy atom. The number of benzene rings is 3. The number of aryl methyl sites for hydroxylation is 1. The fourth-order valence-electron chi connectivity index (χ4n) is 3.33. The highest BCUT2D eigenvalue weighted by molar-refractivity contribution is 5.79. The lowest BCUT2D eigenvalue weighted by molar-refractivity contribution is -0.120. The number of hydrogen-bond donors (Lipinski definition) is 1. The number of imidazole rings is 1. The molecule has 0 bridgehead atoms. The average molecular weight is 369 g/mol. The zero-order valence-electron chi connectivity index (χ0n) is 15.9. The van der Waals surface area contributed by atoms with Crippen molar-refractivity contribution in [1.29, 1.82) is 0 Å². The normalized spacial score (nSPS) is 10.9. The van der Waals surface area contributed by atoms with E-state index < -0.39 is 0 Å². The SMILES string of the molecule is Cc1ccc(Cn2c(CNC(=O)Cc3ccccc3)nc3ccccc32)cc1. The first-order valence-corrected chi connectivity index (χ1v) is 9.49. The van der Waals surface area contributed by atoms with Gasteiger partial charge in [-0.05, 0) is 30.2 Å². The Labute approximate surface area is 164 Å². The first-order chi connectivity index (χ1) is 13.7. The van der Waals surface area contributed by atoms with Gasteiger partial charge in [-0.25, -0.2) is 4.98 Å². The van der Waals surface area contributed by atoms with Crippen LogP contribution in [0.1, 0.15) is 22.5 Å². The highest BCUT2D eigenvalue weighted by atomic mass is 16.1. The van der Waals surface area contributed by atoms with Crippen LogP contribution in [0.2, 0.25) is 0 Å². The second-order valence-corrected chi connectivity index (χ2v) is 7.03. The number of para-hydroxylation sites is 2. The van der Waals surface area contributed by atoms with Gasteiger partial charge in [0.2, 0.25) is 5.91 Å². The first-order valence-electron chi connectivity index (χ1n) is 9.49. The van der Waals surface area contributed by atoms with E-state index in [9.17, 15) is 4.79 Å². The van der Waals surface area contributed by atoms with Gasteiger partial charge < -0.3 is 9.88 Å². The molecule has 4 nitrogen and oxygen atoms in total. The van der Waals surface area contributed by atoms with Crippen molar-refractivity contribution in [2.45, 2.75) is 26.4 Å². The van der Waals surface area contributed by atoms with Crippen LogP contribution in [-0.2, 0) is 24.3 Å². The maximum atomic E-state index is 12.4. The summed E-state index contributed by atoms with van der Waals surface area (Å²) in [7, 11) is 0. The van der Waals surface area contributed by atoms with Crippen molar-refractivity contribution in [1.82, 2.24) is 14.9 Å². The fourth-order valence-corrected chi connectivity index (χ4v) is 3.33.